The van der Waals surface area contributed by atoms with E-state index in [2.05, 4.69) is 35.8 Å². The number of rotatable bonds is 5. The minimum atomic E-state index is 0.717. The standard InChI is InChI=1S/C14H17BrN4/c1-10-16-7-14(8-18-12-4-5-12)19(10)9-13-3-2-11(15)6-17-13/h2-3,6-7,12,18H,4-5,8-9H2,1H3. The molecule has 0 aromatic carbocycles. The van der Waals surface area contributed by atoms with Crippen LogP contribution in [0.5, 0.6) is 0 Å². The highest BCUT2D eigenvalue weighted by molar-refractivity contribution is 9.10. The van der Waals surface area contributed by atoms with Crippen LogP contribution in [-0.4, -0.2) is 20.6 Å². The maximum Gasteiger partial charge on any atom is 0.106 e. The molecule has 0 bridgehead atoms. The van der Waals surface area contributed by atoms with E-state index < -0.39 is 0 Å². The van der Waals surface area contributed by atoms with Crippen LogP contribution < -0.4 is 5.32 Å². The summed E-state index contributed by atoms with van der Waals surface area (Å²) < 4.78 is 3.24. The number of pyridine rings is 1. The number of aromatic nitrogens is 3. The third-order valence-electron chi connectivity index (χ3n) is 3.40. The molecule has 1 aliphatic carbocycles. The fraction of sp³-hybridized carbons (Fsp3) is 0.429. The van der Waals surface area contributed by atoms with Crippen LogP contribution in [0, 0.1) is 6.92 Å². The van der Waals surface area contributed by atoms with E-state index in [4.69, 9.17) is 0 Å². The molecule has 1 saturated carbocycles. The van der Waals surface area contributed by atoms with Gasteiger partial charge in [0.25, 0.3) is 0 Å². The Morgan fingerprint density at radius 3 is 2.84 bits per heavy atom. The van der Waals surface area contributed by atoms with Gasteiger partial charge in [0.05, 0.1) is 17.9 Å². The molecule has 0 saturated heterocycles. The van der Waals surface area contributed by atoms with Crippen molar-refractivity contribution in [3.05, 3.63) is 46.2 Å². The first-order valence-electron chi connectivity index (χ1n) is 6.57. The molecule has 2 aromatic rings. The van der Waals surface area contributed by atoms with Crippen LogP contribution in [0.1, 0.15) is 30.1 Å². The Hall–Kier alpha value is -1.20. The molecule has 3 rings (SSSR count). The highest BCUT2D eigenvalue weighted by Gasteiger charge is 2.20. The van der Waals surface area contributed by atoms with Gasteiger partial charge < -0.3 is 9.88 Å². The molecular formula is C14H17BrN4. The molecule has 1 N–H and O–H groups in total. The van der Waals surface area contributed by atoms with E-state index in [-0.39, 0.29) is 0 Å². The van der Waals surface area contributed by atoms with E-state index in [1.807, 2.05) is 31.5 Å². The van der Waals surface area contributed by atoms with Crippen LogP contribution in [-0.2, 0) is 13.1 Å². The monoisotopic (exact) mass is 320 g/mol. The zero-order valence-electron chi connectivity index (χ0n) is 10.9. The largest absolute Gasteiger partial charge is 0.325 e. The van der Waals surface area contributed by atoms with E-state index in [9.17, 15) is 0 Å². The molecular weight excluding hydrogens is 304 g/mol. The van der Waals surface area contributed by atoms with Gasteiger partial charge in [0.15, 0.2) is 0 Å². The van der Waals surface area contributed by atoms with Gasteiger partial charge in [0.2, 0.25) is 0 Å². The predicted molar refractivity (Wildman–Crippen MR) is 77.9 cm³/mol. The highest BCUT2D eigenvalue weighted by Crippen LogP contribution is 2.19. The van der Waals surface area contributed by atoms with Crippen molar-refractivity contribution in [3.8, 4) is 0 Å². The van der Waals surface area contributed by atoms with E-state index in [1.54, 1.807) is 0 Å². The van der Waals surface area contributed by atoms with Crippen molar-refractivity contribution in [1.29, 1.82) is 0 Å². The molecule has 4 nitrogen and oxygen atoms in total. The maximum atomic E-state index is 4.43. The van der Waals surface area contributed by atoms with E-state index in [1.165, 1.54) is 18.5 Å². The van der Waals surface area contributed by atoms with Crippen molar-refractivity contribution in [2.45, 2.75) is 38.9 Å². The number of hydrogen-bond donors (Lipinski definition) is 1. The Morgan fingerprint density at radius 1 is 1.32 bits per heavy atom. The lowest BCUT2D eigenvalue weighted by molar-refractivity contribution is 0.622. The zero-order valence-corrected chi connectivity index (χ0v) is 12.5. The molecule has 19 heavy (non-hydrogen) atoms. The van der Waals surface area contributed by atoms with Crippen LogP contribution >= 0.6 is 15.9 Å². The quantitative estimate of drug-likeness (QED) is 0.921. The van der Waals surface area contributed by atoms with E-state index >= 15 is 0 Å². The Kier molecular flexibility index (Phi) is 3.66. The number of aryl methyl sites for hydroxylation is 1. The number of halogens is 1. The first kappa shape index (κ1) is 12.8. The molecule has 1 aliphatic rings. The number of imidazole rings is 1. The van der Waals surface area contributed by atoms with Gasteiger partial charge in [-0.25, -0.2) is 4.98 Å². The average Bonchev–Trinajstić information content (AvgIpc) is 3.17. The third-order valence-corrected chi connectivity index (χ3v) is 3.86. The van der Waals surface area contributed by atoms with Crippen molar-refractivity contribution in [2.24, 2.45) is 0 Å². The SMILES string of the molecule is Cc1ncc(CNC2CC2)n1Cc1ccc(Br)cn1. The van der Waals surface area contributed by atoms with Gasteiger partial charge in [-0.15, -0.1) is 0 Å². The average molecular weight is 321 g/mol. The van der Waals surface area contributed by atoms with Gasteiger partial charge in [0.1, 0.15) is 5.82 Å². The lowest BCUT2D eigenvalue weighted by Crippen LogP contribution is -2.19. The van der Waals surface area contributed by atoms with E-state index in [0.717, 1.165) is 35.1 Å². The smallest absolute Gasteiger partial charge is 0.106 e. The molecule has 2 aromatic heterocycles. The summed E-state index contributed by atoms with van der Waals surface area (Å²) in [5.74, 6) is 1.04. The summed E-state index contributed by atoms with van der Waals surface area (Å²) >= 11 is 3.41. The minimum absolute atomic E-state index is 0.717. The Morgan fingerprint density at radius 2 is 2.16 bits per heavy atom. The summed E-state index contributed by atoms with van der Waals surface area (Å²) in [4.78, 5) is 8.84. The lowest BCUT2D eigenvalue weighted by atomic mass is 10.3. The first-order valence-corrected chi connectivity index (χ1v) is 7.36. The van der Waals surface area contributed by atoms with Crippen molar-refractivity contribution in [1.82, 2.24) is 19.9 Å². The number of hydrogen-bond acceptors (Lipinski definition) is 3. The second kappa shape index (κ2) is 5.43. The number of nitrogens with zero attached hydrogens (tertiary/aromatic N) is 3. The molecule has 0 spiro atoms. The molecule has 2 heterocycles. The number of nitrogens with one attached hydrogen (secondary N) is 1. The zero-order chi connectivity index (χ0) is 13.2. The molecule has 0 unspecified atom stereocenters. The van der Waals surface area contributed by atoms with Crippen molar-refractivity contribution >= 4 is 15.9 Å². The third kappa shape index (κ3) is 3.22. The second-order valence-corrected chi connectivity index (χ2v) is 5.92. The van der Waals surface area contributed by atoms with Gasteiger partial charge in [-0.05, 0) is 47.8 Å². The van der Waals surface area contributed by atoms with Crippen LogP contribution in [0.15, 0.2) is 29.0 Å². The van der Waals surface area contributed by atoms with Crippen LogP contribution in [0.2, 0.25) is 0 Å². The van der Waals surface area contributed by atoms with Crippen LogP contribution in [0.4, 0.5) is 0 Å². The summed E-state index contributed by atoms with van der Waals surface area (Å²) in [6.45, 7) is 3.71. The fourth-order valence-corrected chi connectivity index (χ4v) is 2.31. The Bertz CT molecular complexity index is 557. The molecule has 5 heteroatoms. The van der Waals surface area contributed by atoms with Crippen LogP contribution in [0.3, 0.4) is 0 Å². The summed E-state index contributed by atoms with van der Waals surface area (Å²) in [6, 6.07) is 4.78. The minimum Gasteiger partial charge on any atom is -0.325 e. The summed E-state index contributed by atoms with van der Waals surface area (Å²) in [5, 5.41) is 3.53. The summed E-state index contributed by atoms with van der Waals surface area (Å²) in [7, 11) is 0. The van der Waals surface area contributed by atoms with Crippen LogP contribution in [0.25, 0.3) is 0 Å². The molecule has 100 valence electrons. The van der Waals surface area contributed by atoms with E-state index in [0.29, 0.717) is 0 Å². The van der Waals surface area contributed by atoms with Gasteiger partial charge in [-0.1, -0.05) is 0 Å². The van der Waals surface area contributed by atoms with Gasteiger partial charge in [-0.2, -0.15) is 0 Å². The molecule has 0 atom stereocenters. The maximum absolute atomic E-state index is 4.43. The van der Waals surface area contributed by atoms with Gasteiger partial charge in [-0.3, -0.25) is 4.98 Å². The van der Waals surface area contributed by atoms with Gasteiger partial charge >= 0.3 is 0 Å². The molecule has 0 aliphatic heterocycles. The lowest BCUT2D eigenvalue weighted by Gasteiger charge is -2.10. The van der Waals surface area contributed by atoms with Crippen molar-refractivity contribution in [2.75, 3.05) is 0 Å². The van der Waals surface area contributed by atoms with Gasteiger partial charge in [0, 0.05) is 29.5 Å². The topological polar surface area (TPSA) is 42.7 Å². The second-order valence-electron chi connectivity index (χ2n) is 5.01. The van der Waals surface area contributed by atoms with Crippen molar-refractivity contribution < 1.29 is 0 Å². The fourth-order valence-electron chi connectivity index (χ4n) is 2.07. The predicted octanol–water partition coefficient (Wildman–Crippen LogP) is 2.65. The Balaban J connectivity index is 1.74. The first-order chi connectivity index (χ1) is 9.22. The highest BCUT2D eigenvalue weighted by atomic mass is 79.9. The Labute approximate surface area is 121 Å². The normalized spacial score (nSPS) is 14.8. The molecule has 0 amide bonds. The summed E-state index contributed by atoms with van der Waals surface area (Å²) in [6.07, 6.45) is 6.41. The molecule has 1 fully saturated rings. The molecule has 0 radical (unpaired) electrons. The van der Waals surface area contributed by atoms with Crippen molar-refractivity contribution in [3.63, 3.8) is 0 Å². The summed E-state index contributed by atoms with van der Waals surface area (Å²) in [5.41, 5.74) is 2.28.